The number of rotatable bonds is 5. The summed E-state index contributed by atoms with van der Waals surface area (Å²) in [6.07, 6.45) is 5.00. The summed E-state index contributed by atoms with van der Waals surface area (Å²) >= 11 is 0. The smallest absolute Gasteiger partial charge is 0.305 e. The summed E-state index contributed by atoms with van der Waals surface area (Å²) in [6.45, 7) is 11.3. The van der Waals surface area contributed by atoms with Crippen molar-refractivity contribution in [3.63, 3.8) is 0 Å². The van der Waals surface area contributed by atoms with Gasteiger partial charge in [-0.1, -0.05) is 26.8 Å². The summed E-state index contributed by atoms with van der Waals surface area (Å²) in [7, 11) is 1.41. The van der Waals surface area contributed by atoms with E-state index < -0.39 is 0 Å². The average Bonchev–Trinajstić information content (AvgIpc) is 2.67. The Morgan fingerprint density at radius 1 is 1.26 bits per heavy atom. The summed E-state index contributed by atoms with van der Waals surface area (Å²) in [5.74, 6) is 0.543. The van der Waals surface area contributed by atoms with Crippen LogP contribution in [0.3, 0.4) is 0 Å². The van der Waals surface area contributed by atoms with Crippen molar-refractivity contribution in [3.8, 4) is 0 Å². The standard InChI is InChI=1S/C19H30N2O2.C5H10O2.ClH/c1-13-9-15(12-19(2,3)11-13)21-17-7-5-14(10-16(17)20)6-8-18(22)23-4;1-5-4-6-2-3-7-5;/h5,7,10,13,15,21H,6,8-9,11-12,20H2,1-4H3;5H,2-4H2,1H3;1H/t13-,15+;;/m0../s1. The normalized spacial score (nSPS) is 24.7. The number of anilines is 2. The minimum absolute atomic E-state index is 0. The highest BCUT2D eigenvalue weighted by molar-refractivity contribution is 5.85. The van der Waals surface area contributed by atoms with E-state index in [0.29, 0.717) is 30.4 Å². The van der Waals surface area contributed by atoms with Crippen LogP contribution in [0.2, 0.25) is 0 Å². The van der Waals surface area contributed by atoms with Crippen LogP contribution >= 0.6 is 12.4 Å². The highest BCUT2D eigenvalue weighted by Gasteiger charge is 2.32. The number of nitrogens with two attached hydrogens (primary N) is 1. The number of hydrogen-bond donors (Lipinski definition) is 2. The molecule has 0 radical (unpaired) electrons. The van der Waals surface area contributed by atoms with Crippen molar-refractivity contribution >= 4 is 29.8 Å². The second-order valence-electron chi connectivity index (χ2n) is 9.51. The molecule has 6 nitrogen and oxygen atoms in total. The third kappa shape index (κ3) is 10.1. The molecule has 2 aliphatic rings. The van der Waals surface area contributed by atoms with E-state index in [1.165, 1.54) is 26.4 Å². The SMILES string of the molecule is CC1COCCO1.COC(=O)CCc1ccc(N[C@@H]2C[C@H](C)CC(C)(C)C2)c(N)c1.Cl. The molecule has 0 aromatic heterocycles. The molecule has 2 fully saturated rings. The maximum Gasteiger partial charge on any atom is 0.305 e. The molecule has 0 spiro atoms. The Balaban J connectivity index is 0.000000510. The van der Waals surface area contributed by atoms with Crippen molar-refractivity contribution in [2.75, 3.05) is 38.0 Å². The lowest BCUT2D eigenvalue weighted by Crippen LogP contribution is -2.35. The fourth-order valence-electron chi connectivity index (χ4n) is 4.53. The lowest BCUT2D eigenvalue weighted by atomic mass is 9.70. The van der Waals surface area contributed by atoms with Crippen LogP contribution in [0.4, 0.5) is 11.4 Å². The quantitative estimate of drug-likeness (QED) is 0.487. The zero-order valence-electron chi connectivity index (χ0n) is 19.7. The lowest BCUT2D eigenvalue weighted by Gasteiger charge is -2.39. The molecule has 7 heteroatoms. The minimum Gasteiger partial charge on any atom is -0.469 e. The van der Waals surface area contributed by atoms with Crippen LogP contribution in [0, 0.1) is 11.3 Å². The van der Waals surface area contributed by atoms with Gasteiger partial charge in [-0.15, -0.1) is 12.4 Å². The van der Waals surface area contributed by atoms with Crippen LogP contribution in [0.15, 0.2) is 18.2 Å². The Kier molecular flexibility index (Phi) is 11.7. The van der Waals surface area contributed by atoms with Gasteiger partial charge < -0.3 is 25.3 Å². The maximum absolute atomic E-state index is 11.2. The fourth-order valence-corrected chi connectivity index (χ4v) is 4.53. The molecule has 0 bridgehead atoms. The molecule has 3 atom stereocenters. The molecular weight excluding hydrogens is 416 g/mol. The second-order valence-corrected chi connectivity index (χ2v) is 9.51. The number of methoxy groups -OCH3 is 1. The van der Waals surface area contributed by atoms with Crippen molar-refractivity contribution in [1.82, 2.24) is 0 Å². The average molecular weight is 457 g/mol. The van der Waals surface area contributed by atoms with Crippen molar-refractivity contribution in [1.29, 1.82) is 0 Å². The molecule has 31 heavy (non-hydrogen) atoms. The molecule has 1 saturated carbocycles. The maximum atomic E-state index is 11.2. The number of nitrogens with one attached hydrogen (secondary N) is 1. The Morgan fingerprint density at radius 2 is 2.00 bits per heavy atom. The molecule has 1 aromatic carbocycles. The monoisotopic (exact) mass is 456 g/mol. The second kappa shape index (κ2) is 13.1. The molecule has 3 rings (SSSR count). The van der Waals surface area contributed by atoms with Crippen molar-refractivity contribution in [2.45, 2.75) is 71.9 Å². The largest absolute Gasteiger partial charge is 0.469 e. The van der Waals surface area contributed by atoms with E-state index in [1.807, 2.05) is 25.1 Å². The highest BCUT2D eigenvalue weighted by atomic mass is 35.5. The number of benzene rings is 1. The Morgan fingerprint density at radius 3 is 2.52 bits per heavy atom. The van der Waals surface area contributed by atoms with Gasteiger partial charge in [0.25, 0.3) is 0 Å². The molecule has 1 aromatic rings. The highest BCUT2D eigenvalue weighted by Crippen LogP contribution is 2.40. The van der Waals surface area contributed by atoms with Gasteiger partial charge in [-0.25, -0.2) is 0 Å². The first-order valence-corrected chi connectivity index (χ1v) is 11.1. The predicted molar refractivity (Wildman–Crippen MR) is 129 cm³/mol. The van der Waals surface area contributed by atoms with E-state index in [-0.39, 0.29) is 18.4 Å². The number of halogens is 1. The first kappa shape index (κ1) is 27.5. The molecule has 1 aliphatic carbocycles. The Bertz CT molecular complexity index is 678. The summed E-state index contributed by atoms with van der Waals surface area (Å²) in [5, 5.41) is 3.62. The number of aryl methyl sites for hydroxylation is 1. The molecule has 1 heterocycles. The molecule has 1 unspecified atom stereocenters. The number of ether oxygens (including phenoxy) is 3. The van der Waals surface area contributed by atoms with Crippen LogP contribution < -0.4 is 11.1 Å². The predicted octanol–water partition coefficient (Wildman–Crippen LogP) is 4.84. The van der Waals surface area contributed by atoms with E-state index in [4.69, 9.17) is 15.2 Å². The minimum atomic E-state index is -0.191. The van der Waals surface area contributed by atoms with Crippen molar-refractivity contribution in [3.05, 3.63) is 23.8 Å². The van der Waals surface area contributed by atoms with Gasteiger partial charge >= 0.3 is 5.97 Å². The van der Waals surface area contributed by atoms with Gasteiger partial charge in [-0.05, 0) is 61.6 Å². The lowest BCUT2D eigenvalue weighted by molar-refractivity contribution is -0.140. The van der Waals surface area contributed by atoms with E-state index in [2.05, 4.69) is 30.8 Å². The Hall–Kier alpha value is -1.50. The summed E-state index contributed by atoms with van der Waals surface area (Å²) in [6, 6.07) is 6.51. The number of esters is 1. The van der Waals surface area contributed by atoms with Crippen LogP contribution in [-0.4, -0.2) is 45.0 Å². The molecule has 1 aliphatic heterocycles. The third-order valence-corrected chi connectivity index (χ3v) is 5.69. The molecule has 0 amide bonds. The first-order chi connectivity index (χ1) is 14.2. The van der Waals surface area contributed by atoms with Crippen LogP contribution in [-0.2, 0) is 25.4 Å². The van der Waals surface area contributed by atoms with Crippen molar-refractivity contribution < 1.29 is 19.0 Å². The molecular formula is C24H41ClN2O4. The van der Waals surface area contributed by atoms with Gasteiger partial charge in [-0.3, -0.25) is 4.79 Å². The number of carbonyl (C=O) groups is 1. The van der Waals surface area contributed by atoms with E-state index in [9.17, 15) is 4.79 Å². The van der Waals surface area contributed by atoms with Gasteiger partial charge in [0.2, 0.25) is 0 Å². The molecule has 3 N–H and O–H groups in total. The van der Waals surface area contributed by atoms with Crippen LogP contribution in [0.5, 0.6) is 0 Å². The fraction of sp³-hybridized carbons (Fsp3) is 0.708. The number of nitrogen functional groups attached to an aromatic ring is 1. The van der Waals surface area contributed by atoms with Crippen LogP contribution in [0.25, 0.3) is 0 Å². The van der Waals surface area contributed by atoms with Crippen LogP contribution in [0.1, 0.15) is 58.9 Å². The first-order valence-electron chi connectivity index (χ1n) is 11.1. The zero-order valence-corrected chi connectivity index (χ0v) is 20.6. The van der Waals surface area contributed by atoms with Gasteiger partial charge in [0.1, 0.15) is 0 Å². The summed E-state index contributed by atoms with van der Waals surface area (Å²) in [4.78, 5) is 11.2. The van der Waals surface area contributed by atoms with Gasteiger partial charge in [0, 0.05) is 12.5 Å². The van der Waals surface area contributed by atoms with Crippen molar-refractivity contribution in [2.24, 2.45) is 11.3 Å². The summed E-state index contributed by atoms with van der Waals surface area (Å²) < 4.78 is 14.9. The molecule has 1 saturated heterocycles. The number of carbonyl (C=O) groups excluding carboxylic acids is 1. The Labute approximate surface area is 194 Å². The van der Waals surface area contributed by atoms with E-state index in [1.54, 1.807) is 0 Å². The van der Waals surface area contributed by atoms with Gasteiger partial charge in [0.15, 0.2) is 0 Å². The van der Waals surface area contributed by atoms with E-state index in [0.717, 1.165) is 42.7 Å². The summed E-state index contributed by atoms with van der Waals surface area (Å²) in [5.41, 5.74) is 9.40. The van der Waals surface area contributed by atoms with E-state index >= 15 is 0 Å². The third-order valence-electron chi connectivity index (χ3n) is 5.69. The van der Waals surface area contributed by atoms with Gasteiger partial charge in [-0.2, -0.15) is 0 Å². The zero-order chi connectivity index (χ0) is 22.1. The number of hydrogen-bond acceptors (Lipinski definition) is 6. The molecule has 178 valence electrons. The van der Waals surface area contributed by atoms with Gasteiger partial charge in [0.05, 0.1) is 44.4 Å². The topological polar surface area (TPSA) is 82.8 Å².